The number of benzene rings is 4. The molecular weight excluding hydrogens is 468 g/mol. The maximum absolute atomic E-state index is 13.5. The first-order valence-corrected chi connectivity index (χ1v) is 13.4. The Morgan fingerprint density at radius 1 is 0.806 bits per heavy atom. The molecule has 0 bridgehead atoms. The molecule has 1 atom stereocenters. The third-order valence-electron chi connectivity index (χ3n) is 6.11. The lowest BCUT2D eigenvalue weighted by molar-refractivity contribution is 0.0935. The third-order valence-corrected chi connectivity index (χ3v) is 7.90. The van der Waals surface area contributed by atoms with Gasteiger partial charge in [0.1, 0.15) is 0 Å². The van der Waals surface area contributed by atoms with Crippen LogP contribution in [0.4, 0.5) is 5.69 Å². The van der Waals surface area contributed by atoms with E-state index in [1.165, 1.54) is 9.87 Å². The Labute approximate surface area is 213 Å². The second-order valence-electron chi connectivity index (χ2n) is 8.70. The zero-order valence-corrected chi connectivity index (χ0v) is 21.3. The summed E-state index contributed by atoms with van der Waals surface area (Å²) in [5.41, 5.74) is 4.13. The van der Waals surface area contributed by atoms with E-state index in [0.717, 1.165) is 17.5 Å². The van der Waals surface area contributed by atoms with Gasteiger partial charge in [0.05, 0.1) is 23.2 Å². The highest BCUT2D eigenvalue weighted by molar-refractivity contribution is 7.92. The van der Waals surface area contributed by atoms with Crippen LogP contribution in [0.5, 0.6) is 0 Å². The second-order valence-corrected chi connectivity index (χ2v) is 10.6. The molecule has 4 aromatic rings. The van der Waals surface area contributed by atoms with Crippen LogP contribution in [0, 0.1) is 6.92 Å². The normalized spacial score (nSPS) is 12.1. The fourth-order valence-corrected chi connectivity index (χ4v) is 5.49. The van der Waals surface area contributed by atoms with Gasteiger partial charge in [-0.25, -0.2) is 8.42 Å². The number of aryl methyl sites for hydroxylation is 1. The minimum atomic E-state index is -3.78. The summed E-state index contributed by atoms with van der Waals surface area (Å²) in [5.74, 6) is -0.161. The zero-order chi connectivity index (χ0) is 25.5. The van der Waals surface area contributed by atoms with Gasteiger partial charge >= 0.3 is 0 Å². The van der Waals surface area contributed by atoms with Gasteiger partial charge in [-0.3, -0.25) is 9.10 Å². The number of hydrogen-bond acceptors (Lipinski definition) is 3. The van der Waals surface area contributed by atoms with Crippen LogP contribution >= 0.6 is 0 Å². The topological polar surface area (TPSA) is 66.5 Å². The minimum Gasteiger partial charge on any atom is -0.345 e. The molecule has 0 heterocycles. The number of nitrogens with one attached hydrogen (secondary N) is 1. The Bertz CT molecular complexity index is 1390. The van der Waals surface area contributed by atoms with Crippen LogP contribution in [0.2, 0.25) is 0 Å². The molecule has 1 amide bonds. The van der Waals surface area contributed by atoms with Crippen molar-refractivity contribution in [1.29, 1.82) is 0 Å². The summed E-state index contributed by atoms with van der Waals surface area (Å²) in [5, 5.41) is 3.11. The summed E-state index contributed by atoms with van der Waals surface area (Å²) in [4.78, 5) is 13.2. The monoisotopic (exact) mass is 498 g/mol. The second kappa shape index (κ2) is 11.2. The van der Waals surface area contributed by atoms with Crippen LogP contribution in [0.3, 0.4) is 0 Å². The van der Waals surface area contributed by atoms with E-state index in [9.17, 15) is 13.2 Å². The molecule has 184 valence electrons. The van der Waals surface area contributed by atoms with E-state index >= 15 is 0 Å². The average molecular weight is 499 g/mol. The number of carbonyl (C=O) groups excluding carboxylic acids is 1. The van der Waals surface area contributed by atoms with Gasteiger partial charge < -0.3 is 5.32 Å². The number of sulfonamides is 1. The Balaban J connectivity index is 1.54. The van der Waals surface area contributed by atoms with E-state index in [4.69, 9.17) is 0 Å². The van der Waals surface area contributed by atoms with Gasteiger partial charge in [-0.15, -0.1) is 0 Å². The summed E-state index contributed by atoms with van der Waals surface area (Å²) in [6.07, 6.45) is 0.774. The maximum atomic E-state index is 13.5. The predicted octanol–water partition coefficient (Wildman–Crippen LogP) is 6.27. The third kappa shape index (κ3) is 5.83. The molecule has 36 heavy (non-hydrogen) atoms. The molecule has 4 aromatic carbocycles. The zero-order valence-electron chi connectivity index (χ0n) is 20.5. The molecule has 1 N–H and O–H groups in total. The lowest BCUT2D eigenvalue weighted by atomic mass is 10.0. The van der Waals surface area contributed by atoms with E-state index in [-0.39, 0.29) is 23.4 Å². The SMILES string of the molecule is CCC(NC(=O)c1ccc(CN(c2ccccc2)S(=O)(=O)c2ccccc2)cc1)c1ccc(C)cc1. The van der Waals surface area contributed by atoms with Gasteiger partial charge in [-0.05, 0) is 60.9 Å². The summed E-state index contributed by atoms with van der Waals surface area (Å²) in [6.45, 7) is 4.22. The molecule has 0 aromatic heterocycles. The first kappa shape index (κ1) is 25.2. The van der Waals surface area contributed by atoms with Crippen LogP contribution in [0.25, 0.3) is 0 Å². The molecule has 0 radical (unpaired) electrons. The molecule has 4 rings (SSSR count). The summed E-state index contributed by atoms with van der Waals surface area (Å²) >= 11 is 0. The van der Waals surface area contributed by atoms with Crippen LogP contribution in [-0.4, -0.2) is 14.3 Å². The van der Waals surface area contributed by atoms with Crippen LogP contribution in [0.1, 0.15) is 46.4 Å². The van der Waals surface area contributed by atoms with Crippen molar-refractivity contribution >= 4 is 21.6 Å². The van der Waals surface area contributed by atoms with Gasteiger partial charge in [-0.1, -0.05) is 85.3 Å². The predicted molar refractivity (Wildman–Crippen MR) is 144 cm³/mol. The van der Waals surface area contributed by atoms with Crippen molar-refractivity contribution in [2.24, 2.45) is 0 Å². The Kier molecular flexibility index (Phi) is 7.86. The van der Waals surface area contributed by atoms with Crippen molar-refractivity contribution < 1.29 is 13.2 Å². The largest absolute Gasteiger partial charge is 0.345 e. The first-order valence-electron chi connectivity index (χ1n) is 12.0. The van der Waals surface area contributed by atoms with E-state index in [1.807, 2.05) is 56.3 Å². The van der Waals surface area contributed by atoms with Crippen LogP contribution < -0.4 is 9.62 Å². The molecular formula is C30H30N2O3S. The van der Waals surface area contributed by atoms with Gasteiger partial charge in [0.15, 0.2) is 0 Å². The molecule has 0 saturated carbocycles. The molecule has 0 aliphatic heterocycles. The number of amides is 1. The molecule has 5 nitrogen and oxygen atoms in total. The Morgan fingerprint density at radius 2 is 1.39 bits per heavy atom. The van der Waals surface area contributed by atoms with Crippen molar-refractivity contribution in [3.8, 4) is 0 Å². The Morgan fingerprint density at radius 3 is 1.97 bits per heavy atom. The molecule has 0 aliphatic rings. The smallest absolute Gasteiger partial charge is 0.264 e. The van der Waals surface area contributed by atoms with Gasteiger partial charge in [-0.2, -0.15) is 0 Å². The van der Waals surface area contributed by atoms with E-state index < -0.39 is 10.0 Å². The van der Waals surface area contributed by atoms with E-state index in [0.29, 0.717) is 11.3 Å². The van der Waals surface area contributed by atoms with Crippen LogP contribution in [-0.2, 0) is 16.6 Å². The number of carbonyl (C=O) groups is 1. The summed E-state index contributed by atoms with van der Waals surface area (Å²) in [6, 6.07) is 32.6. The number of nitrogens with zero attached hydrogens (tertiary/aromatic N) is 1. The summed E-state index contributed by atoms with van der Waals surface area (Å²) < 4.78 is 28.4. The quantitative estimate of drug-likeness (QED) is 0.296. The van der Waals surface area contributed by atoms with Gasteiger partial charge in [0.25, 0.3) is 15.9 Å². The molecule has 6 heteroatoms. The highest BCUT2D eigenvalue weighted by Crippen LogP contribution is 2.26. The lowest BCUT2D eigenvalue weighted by Crippen LogP contribution is -2.30. The van der Waals surface area contributed by atoms with Crippen LogP contribution in [0.15, 0.2) is 114 Å². The van der Waals surface area contributed by atoms with Crippen molar-refractivity contribution in [1.82, 2.24) is 5.32 Å². The molecule has 0 fully saturated rings. The fraction of sp³-hybridized carbons (Fsp3) is 0.167. The van der Waals surface area contributed by atoms with Crippen molar-refractivity contribution in [3.05, 3.63) is 131 Å². The highest BCUT2D eigenvalue weighted by Gasteiger charge is 2.25. The molecule has 1 unspecified atom stereocenters. The standard InChI is InChI=1S/C30H30N2O3S/c1-3-29(25-18-14-23(2)15-19-25)31-30(33)26-20-16-24(17-21-26)22-32(27-10-6-4-7-11-27)36(34,35)28-12-8-5-9-13-28/h4-21,29H,3,22H2,1-2H3,(H,31,33). The van der Waals surface area contributed by atoms with E-state index in [1.54, 1.807) is 66.7 Å². The Hall–Kier alpha value is -3.90. The first-order chi connectivity index (χ1) is 17.4. The number of rotatable bonds is 9. The summed E-state index contributed by atoms with van der Waals surface area (Å²) in [7, 11) is -3.78. The lowest BCUT2D eigenvalue weighted by Gasteiger charge is -2.25. The van der Waals surface area contributed by atoms with Crippen molar-refractivity contribution in [3.63, 3.8) is 0 Å². The average Bonchev–Trinajstić information content (AvgIpc) is 2.92. The molecule has 0 aliphatic carbocycles. The van der Waals surface area contributed by atoms with Gasteiger partial charge in [0.2, 0.25) is 0 Å². The highest BCUT2D eigenvalue weighted by atomic mass is 32.2. The minimum absolute atomic E-state index is 0.0811. The fourth-order valence-electron chi connectivity index (χ4n) is 4.02. The number of anilines is 1. The van der Waals surface area contributed by atoms with Gasteiger partial charge in [0, 0.05) is 5.56 Å². The van der Waals surface area contributed by atoms with Crippen molar-refractivity contribution in [2.45, 2.75) is 37.8 Å². The molecule has 0 saturated heterocycles. The molecule has 0 spiro atoms. The van der Waals surface area contributed by atoms with E-state index in [2.05, 4.69) is 5.32 Å². The number of para-hydroxylation sites is 1. The maximum Gasteiger partial charge on any atom is 0.264 e. The number of hydrogen-bond donors (Lipinski definition) is 1. The van der Waals surface area contributed by atoms with Crippen molar-refractivity contribution in [2.75, 3.05) is 4.31 Å².